The van der Waals surface area contributed by atoms with Gasteiger partial charge in [0, 0.05) is 48.9 Å². The van der Waals surface area contributed by atoms with Crippen LogP contribution in [0.15, 0.2) is 35.7 Å². The van der Waals surface area contributed by atoms with Gasteiger partial charge < -0.3 is 20.4 Å². The van der Waals surface area contributed by atoms with Gasteiger partial charge in [-0.2, -0.15) is 5.10 Å². The molecular formula is C24H26N6O3S. The Labute approximate surface area is 201 Å². The second-order valence-electron chi connectivity index (χ2n) is 8.86. The maximum Gasteiger partial charge on any atom is 0.266 e. The van der Waals surface area contributed by atoms with Crippen molar-refractivity contribution in [1.29, 1.82) is 0 Å². The number of carbonyl (C=O) groups excluding carboxylic acids is 3. The number of nitrogens with zero attached hydrogens (tertiary/aromatic N) is 4. The zero-order valence-corrected chi connectivity index (χ0v) is 20.1. The van der Waals surface area contributed by atoms with Crippen molar-refractivity contribution in [1.82, 2.24) is 20.0 Å². The molecule has 5 rings (SSSR count). The summed E-state index contributed by atoms with van der Waals surface area (Å²) in [5.41, 5.74) is 3.30. The average molecular weight is 479 g/mol. The normalized spacial score (nSPS) is 14.9. The Morgan fingerprint density at radius 1 is 1.09 bits per heavy atom. The molecule has 10 heteroatoms. The highest BCUT2D eigenvalue weighted by molar-refractivity contribution is 7.12. The summed E-state index contributed by atoms with van der Waals surface area (Å²) >= 11 is 1.22. The van der Waals surface area contributed by atoms with Gasteiger partial charge in [0.05, 0.1) is 17.0 Å². The standard InChI is InChI=1S/C24H26N6O3S/c1-14(2)25-22(31)16-11-19(34-13-16)23(32)26-20-12-21-29(8-9-30(21)27-20)17-4-5-18-15(10-17)6-7-28(3)24(18)33/h4-5,10-14H,6-9H2,1-3H3,(H,25,31)(H,26,27,32). The quantitative estimate of drug-likeness (QED) is 0.587. The molecule has 2 aliphatic heterocycles. The summed E-state index contributed by atoms with van der Waals surface area (Å²) < 4.78 is 1.87. The van der Waals surface area contributed by atoms with Gasteiger partial charge in [0.15, 0.2) is 5.82 Å². The number of likely N-dealkylation sites (N-methyl/N-ethyl adjacent to an activating group) is 1. The Hall–Kier alpha value is -3.66. The van der Waals surface area contributed by atoms with Crippen molar-refractivity contribution in [2.24, 2.45) is 0 Å². The number of amides is 3. The lowest BCUT2D eigenvalue weighted by atomic mass is 9.98. The van der Waals surface area contributed by atoms with Crippen LogP contribution in [-0.2, 0) is 13.0 Å². The van der Waals surface area contributed by atoms with Gasteiger partial charge in [-0.05, 0) is 50.1 Å². The molecule has 0 bridgehead atoms. The van der Waals surface area contributed by atoms with Crippen molar-refractivity contribution in [2.45, 2.75) is 32.9 Å². The third-order valence-electron chi connectivity index (χ3n) is 6.01. The van der Waals surface area contributed by atoms with E-state index in [0.717, 1.165) is 35.6 Å². The lowest BCUT2D eigenvalue weighted by molar-refractivity contribution is 0.0780. The van der Waals surface area contributed by atoms with Crippen LogP contribution in [0.2, 0.25) is 0 Å². The van der Waals surface area contributed by atoms with Crippen molar-refractivity contribution in [3.8, 4) is 0 Å². The molecule has 9 nitrogen and oxygen atoms in total. The largest absolute Gasteiger partial charge is 0.350 e. The predicted octanol–water partition coefficient (Wildman–Crippen LogP) is 3.11. The number of anilines is 3. The number of thiophene rings is 1. The Kier molecular flexibility index (Phi) is 5.60. The first-order chi connectivity index (χ1) is 16.3. The first kappa shape index (κ1) is 22.1. The fraction of sp³-hybridized carbons (Fsp3) is 0.333. The van der Waals surface area contributed by atoms with E-state index in [1.807, 2.05) is 43.8 Å². The van der Waals surface area contributed by atoms with Gasteiger partial charge in [-0.3, -0.25) is 14.4 Å². The molecule has 34 heavy (non-hydrogen) atoms. The number of rotatable bonds is 5. The van der Waals surface area contributed by atoms with Crippen molar-refractivity contribution >= 4 is 46.4 Å². The van der Waals surface area contributed by atoms with Gasteiger partial charge in [0.1, 0.15) is 5.82 Å². The zero-order valence-electron chi connectivity index (χ0n) is 19.3. The van der Waals surface area contributed by atoms with Gasteiger partial charge in [-0.25, -0.2) is 4.68 Å². The monoisotopic (exact) mass is 478 g/mol. The van der Waals surface area contributed by atoms with E-state index < -0.39 is 0 Å². The summed E-state index contributed by atoms with van der Waals surface area (Å²) in [5.74, 6) is 0.912. The fourth-order valence-corrected chi connectivity index (χ4v) is 5.06. The zero-order chi connectivity index (χ0) is 24.0. The molecule has 0 fully saturated rings. The topological polar surface area (TPSA) is 99.6 Å². The van der Waals surface area contributed by atoms with Crippen LogP contribution >= 0.6 is 11.3 Å². The van der Waals surface area contributed by atoms with Crippen LogP contribution in [0.5, 0.6) is 0 Å². The molecule has 0 aliphatic carbocycles. The Morgan fingerprint density at radius 3 is 2.71 bits per heavy atom. The fourth-order valence-electron chi connectivity index (χ4n) is 4.28. The van der Waals surface area contributed by atoms with Gasteiger partial charge in [0.2, 0.25) is 0 Å². The Morgan fingerprint density at radius 2 is 1.91 bits per heavy atom. The second-order valence-corrected chi connectivity index (χ2v) is 9.77. The van der Waals surface area contributed by atoms with Gasteiger partial charge in [0.25, 0.3) is 17.7 Å². The van der Waals surface area contributed by atoms with E-state index in [9.17, 15) is 14.4 Å². The number of fused-ring (bicyclic) bond motifs is 2. The van der Waals surface area contributed by atoms with E-state index in [-0.39, 0.29) is 23.8 Å². The van der Waals surface area contributed by atoms with Crippen molar-refractivity contribution in [2.75, 3.05) is 30.4 Å². The number of nitrogens with one attached hydrogen (secondary N) is 2. The number of hydrogen-bond donors (Lipinski definition) is 2. The second kappa shape index (κ2) is 8.60. The Bertz CT molecular complexity index is 1290. The van der Waals surface area contributed by atoms with Crippen molar-refractivity contribution in [3.63, 3.8) is 0 Å². The van der Waals surface area contributed by atoms with Crippen LogP contribution in [0.25, 0.3) is 0 Å². The highest BCUT2D eigenvalue weighted by atomic mass is 32.1. The molecule has 3 aromatic rings. The summed E-state index contributed by atoms with van der Waals surface area (Å²) in [5, 5.41) is 11.9. The van der Waals surface area contributed by atoms with Gasteiger partial charge in [-0.1, -0.05) is 0 Å². The third-order valence-corrected chi connectivity index (χ3v) is 6.94. The van der Waals surface area contributed by atoms with E-state index in [4.69, 9.17) is 0 Å². The van der Waals surface area contributed by atoms with Gasteiger partial charge in [-0.15, -0.1) is 11.3 Å². The van der Waals surface area contributed by atoms with Crippen LogP contribution in [0.1, 0.15) is 49.8 Å². The molecule has 176 valence electrons. The molecule has 0 unspecified atom stereocenters. The molecule has 2 N–H and O–H groups in total. The molecular weight excluding hydrogens is 452 g/mol. The minimum absolute atomic E-state index is 0.0255. The Balaban J connectivity index is 1.31. The van der Waals surface area contributed by atoms with Crippen LogP contribution in [0.3, 0.4) is 0 Å². The number of aromatic nitrogens is 2. The third kappa shape index (κ3) is 4.05. The number of carbonyl (C=O) groups is 3. The first-order valence-corrected chi connectivity index (χ1v) is 12.1. The molecule has 0 saturated heterocycles. The minimum atomic E-state index is -0.298. The summed E-state index contributed by atoms with van der Waals surface area (Å²) in [6.45, 7) is 5.96. The molecule has 0 spiro atoms. The highest BCUT2D eigenvalue weighted by Crippen LogP contribution is 2.34. The molecule has 1 aromatic carbocycles. The molecule has 2 aromatic heterocycles. The lowest BCUT2D eigenvalue weighted by Gasteiger charge is -2.26. The summed E-state index contributed by atoms with van der Waals surface area (Å²) in [4.78, 5) is 41.6. The van der Waals surface area contributed by atoms with Crippen LogP contribution in [-0.4, -0.2) is 58.6 Å². The minimum Gasteiger partial charge on any atom is -0.350 e. The maximum atomic E-state index is 12.7. The first-order valence-electron chi connectivity index (χ1n) is 11.2. The predicted molar refractivity (Wildman–Crippen MR) is 131 cm³/mol. The lowest BCUT2D eigenvalue weighted by Crippen LogP contribution is -2.34. The molecule has 2 aliphatic rings. The van der Waals surface area contributed by atoms with Crippen molar-refractivity contribution < 1.29 is 14.4 Å². The summed E-state index contributed by atoms with van der Waals surface area (Å²) in [7, 11) is 1.82. The average Bonchev–Trinajstić information content (AvgIpc) is 3.51. The van der Waals surface area contributed by atoms with E-state index in [1.165, 1.54) is 11.3 Å². The van der Waals surface area contributed by atoms with Crippen molar-refractivity contribution in [3.05, 3.63) is 57.3 Å². The van der Waals surface area contributed by atoms with E-state index >= 15 is 0 Å². The summed E-state index contributed by atoms with van der Waals surface area (Å²) in [6.07, 6.45) is 0.831. The molecule has 0 atom stereocenters. The van der Waals surface area contributed by atoms with Crippen LogP contribution in [0.4, 0.5) is 17.3 Å². The smallest absolute Gasteiger partial charge is 0.266 e. The van der Waals surface area contributed by atoms with Gasteiger partial charge >= 0.3 is 0 Å². The number of benzene rings is 1. The molecule has 0 radical (unpaired) electrons. The van der Waals surface area contributed by atoms with E-state index in [0.29, 0.717) is 29.3 Å². The van der Waals surface area contributed by atoms with E-state index in [1.54, 1.807) is 16.3 Å². The molecule has 3 amide bonds. The number of hydrogen-bond acceptors (Lipinski definition) is 6. The molecule has 0 saturated carbocycles. The SMILES string of the molecule is CC(C)NC(=O)c1csc(C(=O)Nc2cc3n(n2)CCN3c2ccc3c(c2)CCN(C)C3=O)c1. The highest BCUT2D eigenvalue weighted by Gasteiger charge is 2.27. The van der Waals surface area contributed by atoms with E-state index in [2.05, 4.69) is 26.7 Å². The molecule has 4 heterocycles. The maximum absolute atomic E-state index is 12.7. The van der Waals surface area contributed by atoms with Crippen LogP contribution in [0, 0.1) is 0 Å². The summed E-state index contributed by atoms with van der Waals surface area (Å²) in [6, 6.07) is 9.41. The van der Waals surface area contributed by atoms with Crippen LogP contribution < -0.4 is 15.5 Å².